The van der Waals surface area contributed by atoms with Gasteiger partial charge in [-0.15, -0.1) is 0 Å². The van der Waals surface area contributed by atoms with E-state index in [0.717, 1.165) is 24.4 Å². The highest BCUT2D eigenvalue weighted by molar-refractivity contribution is 4.91. The van der Waals surface area contributed by atoms with Crippen molar-refractivity contribution in [2.24, 2.45) is 17.3 Å². The number of unbranched alkanes of at least 4 members (excludes halogenated alkanes) is 1. The first-order chi connectivity index (χ1) is 8.01. The molecule has 0 heterocycles. The Kier molecular flexibility index (Phi) is 5.99. The van der Waals surface area contributed by atoms with Crippen LogP contribution >= 0.6 is 0 Å². The summed E-state index contributed by atoms with van der Waals surface area (Å²) in [6.07, 6.45) is 8.35. The quantitative estimate of drug-likeness (QED) is 0.713. The maximum Gasteiger partial charge on any atom is 0.0103 e. The summed E-state index contributed by atoms with van der Waals surface area (Å²) in [5.41, 5.74) is 0.517. The molecule has 102 valence electrons. The van der Waals surface area contributed by atoms with Gasteiger partial charge >= 0.3 is 0 Å². The van der Waals surface area contributed by atoms with Crippen molar-refractivity contribution in [2.45, 2.75) is 79.2 Å². The zero-order chi connectivity index (χ0) is 12.9. The van der Waals surface area contributed by atoms with Crippen molar-refractivity contribution >= 4 is 0 Å². The third-order valence-corrected chi connectivity index (χ3v) is 4.76. The fourth-order valence-electron chi connectivity index (χ4n) is 3.62. The van der Waals surface area contributed by atoms with Crippen LogP contribution in [0.2, 0.25) is 0 Å². The Morgan fingerprint density at radius 3 is 2.47 bits per heavy atom. The first-order valence-electron chi connectivity index (χ1n) is 7.74. The molecule has 0 bridgehead atoms. The van der Waals surface area contributed by atoms with Gasteiger partial charge in [0.25, 0.3) is 0 Å². The zero-order valence-electron chi connectivity index (χ0n) is 12.7. The van der Waals surface area contributed by atoms with Gasteiger partial charge in [0.05, 0.1) is 0 Å². The Morgan fingerprint density at radius 1 is 1.18 bits per heavy atom. The molecule has 1 aliphatic rings. The molecule has 1 saturated carbocycles. The first kappa shape index (κ1) is 15.0. The molecule has 1 rings (SSSR count). The average molecular weight is 239 g/mol. The van der Waals surface area contributed by atoms with Crippen LogP contribution in [0.5, 0.6) is 0 Å². The summed E-state index contributed by atoms with van der Waals surface area (Å²) in [5.74, 6) is 1.79. The van der Waals surface area contributed by atoms with Crippen molar-refractivity contribution in [3.8, 4) is 0 Å². The van der Waals surface area contributed by atoms with Gasteiger partial charge in [0.2, 0.25) is 0 Å². The molecule has 0 aromatic rings. The minimum absolute atomic E-state index is 0.517. The predicted molar refractivity (Wildman–Crippen MR) is 77.3 cm³/mol. The highest BCUT2D eigenvalue weighted by atomic mass is 14.9. The number of hydrogen-bond donors (Lipinski definition) is 1. The SMILES string of the molecule is CCCCC(C)(C)C1CCC(C)CC1NCC. The van der Waals surface area contributed by atoms with E-state index in [2.05, 4.69) is 39.9 Å². The van der Waals surface area contributed by atoms with E-state index in [0.29, 0.717) is 5.41 Å². The van der Waals surface area contributed by atoms with E-state index in [1.807, 2.05) is 0 Å². The van der Waals surface area contributed by atoms with Crippen molar-refractivity contribution in [1.82, 2.24) is 5.32 Å². The largest absolute Gasteiger partial charge is 0.314 e. The van der Waals surface area contributed by atoms with E-state index < -0.39 is 0 Å². The predicted octanol–water partition coefficient (Wildman–Crippen LogP) is 4.62. The molecule has 0 saturated heterocycles. The molecule has 1 fully saturated rings. The first-order valence-corrected chi connectivity index (χ1v) is 7.74. The van der Waals surface area contributed by atoms with Crippen molar-refractivity contribution in [3.63, 3.8) is 0 Å². The van der Waals surface area contributed by atoms with Crippen LogP contribution in [0.25, 0.3) is 0 Å². The molecule has 0 aromatic heterocycles. The van der Waals surface area contributed by atoms with Crippen LogP contribution in [0.3, 0.4) is 0 Å². The fourth-order valence-corrected chi connectivity index (χ4v) is 3.62. The molecule has 1 aliphatic carbocycles. The van der Waals surface area contributed by atoms with Gasteiger partial charge in [0, 0.05) is 6.04 Å². The monoisotopic (exact) mass is 239 g/mol. The molecular formula is C16H33N. The standard InChI is InChI=1S/C16H33N/c1-6-8-11-16(4,5)14-10-9-13(3)12-15(14)17-7-2/h13-15,17H,6-12H2,1-5H3. The molecule has 0 aliphatic heterocycles. The van der Waals surface area contributed by atoms with Gasteiger partial charge in [-0.2, -0.15) is 0 Å². The Morgan fingerprint density at radius 2 is 1.88 bits per heavy atom. The third kappa shape index (κ3) is 4.28. The molecular weight excluding hydrogens is 206 g/mol. The normalized spacial score (nSPS) is 30.5. The molecule has 0 amide bonds. The second-order valence-electron chi connectivity index (χ2n) is 6.78. The average Bonchev–Trinajstić information content (AvgIpc) is 2.27. The molecule has 1 nitrogen and oxygen atoms in total. The highest BCUT2D eigenvalue weighted by Gasteiger charge is 2.37. The van der Waals surface area contributed by atoms with Gasteiger partial charge in [-0.25, -0.2) is 0 Å². The van der Waals surface area contributed by atoms with E-state index in [1.54, 1.807) is 0 Å². The smallest absolute Gasteiger partial charge is 0.0103 e. The second-order valence-corrected chi connectivity index (χ2v) is 6.78. The second kappa shape index (κ2) is 6.78. The summed E-state index contributed by atoms with van der Waals surface area (Å²) in [5, 5.41) is 3.75. The molecule has 3 unspecified atom stereocenters. The van der Waals surface area contributed by atoms with Gasteiger partial charge in [0.15, 0.2) is 0 Å². The number of hydrogen-bond acceptors (Lipinski definition) is 1. The van der Waals surface area contributed by atoms with Gasteiger partial charge < -0.3 is 5.32 Å². The van der Waals surface area contributed by atoms with Crippen LogP contribution in [0.4, 0.5) is 0 Å². The lowest BCUT2D eigenvalue weighted by Crippen LogP contribution is -2.46. The summed E-state index contributed by atoms with van der Waals surface area (Å²) < 4.78 is 0. The molecule has 0 spiro atoms. The lowest BCUT2D eigenvalue weighted by molar-refractivity contribution is 0.0856. The molecule has 3 atom stereocenters. The van der Waals surface area contributed by atoms with E-state index in [4.69, 9.17) is 0 Å². The van der Waals surface area contributed by atoms with Gasteiger partial charge in [-0.1, -0.05) is 53.9 Å². The Labute approximate surface area is 109 Å². The summed E-state index contributed by atoms with van der Waals surface area (Å²) in [6.45, 7) is 13.1. The fraction of sp³-hybridized carbons (Fsp3) is 1.00. The Balaban J connectivity index is 2.63. The van der Waals surface area contributed by atoms with Crippen molar-refractivity contribution in [3.05, 3.63) is 0 Å². The van der Waals surface area contributed by atoms with Crippen LogP contribution in [0, 0.1) is 17.3 Å². The minimum Gasteiger partial charge on any atom is -0.314 e. The molecule has 0 radical (unpaired) electrons. The Bertz CT molecular complexity index is 210. The van der Waals surface area contributed by atoms with E-state index >= 15 is 0 Å². The van der Waals surface area contributed by atoms with Crippen LogP contribution in [0.1, 0.15) is 73.1 Å². The third-order valence-electron chi connectivity index (χ3n) is 4.76. The number of rotatable bonds is 6. The highest BCUT2D eigenvalue weighted by Crippen LogP contribution is 2.43. The summed E-state index contributed by atoms with van der Waals surface area (Å²) >= 11 is 0. The lowest BCUT2D eigenvalue weighted by Gasteiger charge is -2.45. The summed E-state index contributed by atoms with van der Waals surface area (Å²) in [4.78, 5) is 0. The van der Waals surface area contributed by atoms with Gasteiger partial charge in [-0.3, -0.25) is 0 Å². The summed E-state index contributed by atoms with van der Waals surface area (Å²) in [6, 6.07) is 0.760. The van der Waals surface area contributed by atoms with Gasteiger partial charge in [-0.05, 0) is 43.1 Å². The lowest BCUT2D eigenvalue weighted by atomic mass is 9.64. The van der Waals surface area contributed by atoms with E-state index in [-0.39, 0.29) is 0 Å². The zero-order valence-corrected chi connectivity index (χ0v) is 12.7. The maximum atomic E-state index is 3.75. The van der Waals surface area contributed by atoms with Crippen molar-refractivity contribution < 1.29 is 0 Å². The van der Waals surface area contributed by atoms with Crippen LogP contribution in [-0.4, -0.2) is 12.6 Å². The van der Waals surface area contributed by atoms with E-state index in [9.17, 15) is 0 Å². The molecule has 1 N–H and O–H groups in total. The van der Waals surface area contributed by atoms with Crippen LogP contribution in [0.15, 0.2) is 0 Å². The molecule has 1 heteroatoms. The minimum atomic E-state index is 0.517. The van der Waals surface area contributed by atoms with Crippen LogP contribution < -0.4 is 5.32 Å². The topological polar surface area (TPSA) is 12.0 Å². The Hall–Kier alpha value is -0.0400. The number of nitrogens with one attached hydrogen (secondary N) is 1. The van der Waals surface area contributed by atoms with Gasteiger partial charge in [0.1, 0.15) is 0 Å². The summed E-state index contributed by atoms with van der Waals surface area (Å²) in [7, 11) is 0. The maximum absolute atomic E-state index is 3.75. The molecule has 17 heavy (non-hydrogen) atoms. The van der Waals surface area contributed by atoms with Crippen molar-refractivity contribution in [2.75, 3.05) is 6.54 Å². The van der Waals surface area contributed by atoms with Crippen LogP contribution in [-0.2, 0) is 0 Å². The van der Waals surface area contributed by atoms with Crippen molar-refractivity contribution in [1.29, 1.82) is 0 Å². The van der Waals surface area contributed by atoms with E-state index in [1.165, 1.54) is 38.5 Å². The molecule has 0 aromatic carbocycles.